The zero-order chi connectivity index (χ0) is 29.6. The maximum atomic E-state index is 12.4. The van der Waals surface area contributed by atoms with Crippen molar-refractivity contribution in [2.75, 3.05) is 5.32 Å². The van der Waals surface area contributed by atoms with E-state index in [0.29, 0.717) is 16.5 Å². The van der Waals surface area contributed by atoms with Gasteiger partial charge in [0.2, 0.25) is 0 Å². The number of aliphatic hydroxyl groups is 5. The summed E-state index contributed by atoms with van der Waals surface area (Å²) in [5.74, 6) is -1.16. The first kappa shape index (κ1) is 28.1. The number of thiocarbonyl (C=S) groups is 1. The molecular formula is C27H23N3O10S. The molecule has 0 bridgehead atoms. The Hall–Kier alpha value is -4.44. The second kappa shape index (κ2) is 10.9. The summed E-state index contributed by atoms with van der Waals surface area (Å²) in [4.78, 5) is 24.4. The van der Waals surface area contributed by atoms with Gasteiger partial charge in [-0.15, -0.1) is 0 Å². The highest BCUT2D eigenvalue weighted by atomic mass is 32.1. The average Bonchev–Trinajstić information content (AvgIpc) is 2.93. The molecule has 1 fully saturated rings. The van der Waals surface area contributed by atoms with Crippen molar-refractivity contribution in [3.8, 4) is 28.2 Å². The van der Waals surface area contributed by atoms with Crippen molar-refractivity contribution in [1.29, 1.82) is 0 Å². The fourth-order valence-corrected chi connectivity index (χ4v) is 4.84. The number of carboxylic acid groups (broad SMARTS) is 1. The van der Waals surface area contributed by atoms with Crippen LogP contribution in [0.1, 0.15) is 10.4 Å². The fourth-order valence-electron chi connectivity index (χ4n) is 4.67. The summed E-state index contributed by atoms with van der Waals surface area (Å²) in [6, 6.07) is 12.8. The van der Waals surface area contributed by atoms with E-state index in [4.69, 9.17) is 16.6 Å². The van der Waals surface area contributed by atoms with Crippen molar-refractivity contribution in [2.45, 2.75) is 30.5 Å². The van der Waals surface area contributed by atoms with Gasteiger partial charge in [-0.2, -0.15) is 5.10 Å². The van der Waals surface area contributed by atoms with Gasteiger partial charge in [0.25, 0.3) is 0 Å². The Morgan fingerprint density at radius 2 is 1.56 bits per heavy atom. The standard InChI is InChI=1S/C27H23N3O10S/c31-11-2-5-14-17(8-11)40-18-9-12(32)3-6-15(18)19(14)13-4-1-10(7-16(13)26(38)39)28-27(41)30-29-20-21(33)23(35)25(37)24(36)22(20)34/h1-9,21-25,31,33-37H,(H,38,39)(H2,28,30,41). The minimum absolute atomic E-state index is 0.0825. The lowest BCUT2D eigenvalue weighted by Crippen LogP contribution is -2.62. The molecule has 13 nitrogen and oxygen atoms in total. The number of hydrazone groups is 1. The van der Waals surface area contributed by atoms with Gasteiger partial charge in [0.05, 0.1) is 5.56 Å². The smallest absolute Gasteiger partial charge is 0.336 e. The molecule has 212 valence electrons. The maximum Gasteiger partial charge on any atom is 0.336 e. The second-order valence-electron chi connectivity index (χ2n) is 9.35. The quantitative estimate of drug-likeness (QED) is 0.0906. The highest BCUT2D eigenvalue weighted by Gasteiger charge is 2.46. The Balaban J connectivity index is 1.50. The van der Waals surface area contributed by atoms with Gasteiger partial charge in [-0.05, 0) is 54.2 Å². The number of phenols is 1. The Kier molecular flexibility index (Phi) is 7.44. The van der Waals surface area contributed by atoms with Crippen molar-refractivity contribution in [2.24, 2.45) is 5.10 Å². The predicted octanol–water partition coefficient (Wildman–Crippen LogP) is 0.429. The number of anilines is 1. The van der Waals surface area contributed by atoms with Gasteiger partial charge in [-0.1, -0.05) is 6.07 Å². The topological polar surface area (TPSA) is 225 Å². The van der Waals surface area contributed by atoms with E-state index < -0.39 is 42.2 Å². The van der Waals surface area contributed by atoms with Gasteiger partial charge in [0.15, 0.2) is 10.5 Å². The van der Waals surface area contributed by atoms with Crippen LogP contribution in [0, 0.1) is 0 Å². The molecule has 4 unspecified atom stereocenters. The van der Waals surface area contributed by atoms with Crippen LogP contribution in [0.25, 0.3) is 33.4 Å². The number of aromatic carboxylic acids is 1. The van der Waals surface area contributed by atoms with Crippen LogP contribution in [0.5, 0.6) is 5.75 Å². The number of aromatic hydroxyl groups is 1. The monoisotopic (exact) mass is 581 g/mol. The lowest BCUT2D eigenvalue weighted by atomic mass is 9.86. The van der Waals surface area contributed by atoms with Crippen molar-refractivity contribution >= 4 is 45.7 Å². The molecule has 0 aromatic heterocycles. The van der Waals surface area contributed by atoms with Crippen molar-refractivity contribution in [1.82, 2.24) is 5.43 Å². The van der Waals surface area contributed by atoms with E-state index in [2.05, 4.69) is 15.8 Å². The number of aliphatic hydroxyl groups excluding tert-OH is 5. The normalized spacial score (nSPS) is 22.5. The van der Waals surface area contributed by atoms with E-state index in [1.165, 1.54) is 48.5 Å². The van der Waals surface area contributed by atoms with Crippen molar-refractivity contribution < 1.29 is 45.0 Å². The van der Waals surface area contributed by atoms with E-state index in [0.717, 1.165) is 0 Å². The number of phenolic OH excluding ortho intramolecular Hbond substituents is 1. The number of rotatable bonds is 4. The number of benzene rings is 3. The van der Waals surface area contributed by atoms with Crippen LogP contribution < -0.4 is 16.2 Å². The molecule has 2 aliphatic carbocycles. The Labute approximate surface area is 235 Å². The first-order valence-corrected chi connectivity index (χ1v) is 12.5. The van der Waals surface area contributed by atoms with Gasteiger partial charge in [0, 0.05) is 34.3 Å². The summed E-state index contributed by atoms with van der Waals surface area (Å²) < 4.78 is 5.82. The highest BCUT2D eigenvalue weighted by Crippen LogP contribution is 2.42. The lowest BCUT2D eigenvalue weighted by Gasteiger charge is -2.36. The predicted molar refractivity (Wildman–Crippen MR) is 150 cm³/mol. The molecule has 41 heavy (non-hydrogen) atoms. The Bertz CT molecular complexity index is 1720. The van der Waals surface area contributed by atoms with Crippen LogP contribution in [0.15, 0.2) is 68.9 Å². The number of nitrogens with one attached hydrogen (secondary N) is 2. The van der Waals surface area contributed by atoms with Crippen LogP contribution in [0.2, 0.25) is 0 Å². The highest BCUT2D eigenvalue weighted by molar-refractivity contribution is 7.80. The molecule has 1 aliphatic heterocycles. The van der Waals surface area contributed by atoms with Gasteiger partial charge in [-0.25, -0.2) is 4.79 Å². The number of hydrogen-bond donors (Lipinski definition) is 9. The second-order valence-corrected chi connectivity index (χ2v) is 9.75. The minimum Gasteiger partial charge on any atom is -0.508 e. The number of carboxylic acids is 1. The summed E-state index contributed by atoms with van der Waals surface area (Å²) in [6.07, 6.45) is -8.99. The Morgan fingerprint density at radius 1 is 0.878 bits per heavy atom. The molecule has 0 saturated heterocycles. The molecule has 0 radical (unpaired) electrons. The first-order chi connectivity index (χ1) is 19.5. The van der Waals surface area contributed by atoms with E-state index >= 15 is 0 Å². The zero-order valence-corrected chi connectivity index (χ0v) is 21.6. The van der Waals surface area contributed by atoms with Gasteiger partial charge in [-0.3, -0.25) is 10.2 Å². The lowest BCUT2D eigenvalue weighted by molar-refractivity contribution is -0.130. The third kappa shape index (κ3) is 5.22. The van der Waals surface area contributed by atoms with E-state index in [-0.39, 0.29) is 44.4 Å². The molecular weight excluding hydrogens is 558 g/mol. The van der Waals surface area contributed by atoms with Crippen LogP contribution in [-0.2, 0) is 0 Å². The van der Waals surface area contributed by atoms with Crippen LogP contribution in [0.4, 0.5) is 5.69 Å². The summed E-state index contributed by atoms with van der Waals surface area (Å²) in [5.41, 5.74) is 3.08. The van der Waals surface area contributed by atoms with E-state index in [1.54, 1.807) is 6.07 Å². The molecule has 2 aromatic carbocycles. The number of carbonyl (C=O) groups is 1. The van der Waals surface area contributed by atoms with E-state index in [9.17, 15) is 45.3 Å². The number of fused-ring (bicyclic) bond motifs is 2. The molecule has 1 heterocycles. The number of nitrogens with zero attached hydrogens (tertiary/aromatic N) is 1. The third-order valence-electron chi connectivity index (χ3n) is 6.69. The zero-order valence-electron chi connectivity index (χ0n) is 20.8. The Morgan fingerprint density at radius 3 is 2.24 bits per heavy atom. The SMILES string of the molecule is O=C(O)c1cc(NC(=S)NN=C2C(O)C(O)C(O)C(O)C2O)ccc1-c1c2ccc(=O)cc-2oc2cc(O)ccc12. The number of hydrogen-bond acceptors (Lipinski definition) is 11. The molecule has 5 rings (SSSR count). The van der Waals surface area contributed by atoms with Gasteiger partial charge < -0.3 is 45.5 Å². The minimum atomic E-state index is -1.80. The molecule has 4 atom stereocenters. The summed E-state index contributed by atoms with van der Waals surface area (Å²) in [7, 11) is 0. The molecule has 2 aromatic rings. The summed E-state index contributed by atoms with van der Waals surface area (Å²) in [6.45, 7) is 0. The molecule has 0 amide bonds. The molecule has 9 N–H and O–H groups in total. The van der Waals surface area contributed by atoms with Crippen molar-refractivity contribution in [3.63, 3.8) is 0 Å². The first-order valence-electron chi connectivity index (χ1n) is 12.1. The third-order valence-corrected chi connectivity index (χ3v) is 6.89. The fraction of sp³-hybridized carbons (Fsp3) is 0.185. The molecule has 1 saturated carbocycles. The summed E-state index contributed by atoms with van der Waals surface area (Å²) >= 11 is 5.17. The van der Waals surface area contributed by atoms with Gasteiger partial charge in [0.1, 0.15) is 53.3 Å². The van der Waals surface area contributed by atoms with Crippen LogP contribution in [0.3, 0.4) is 0 Å². The molecule has 14 heteroatoms. The maximum absolute atomic E-state index is 12.4. The molecule has 3 aliphatic rings. The molecule has 0 spiro atoms. The largest absolute Gasteiger partial charge is 0.508 e. The van der Waals surface area contributed by atoms with E-state index in [1.807, 2.05) is 0 Å². The average molecular weight is 582 g/mol. The van der Waals surface area contributed by atoms with Gasteiger partial charge >= 0.3 is 5.97 Å². The van der Waals surface area contributed by atoms with Crippen LogP contribution in [-0.4, -0.2) is 83.1 Å². The van der Waals surface area contributed by atoms with Crippen LogP contribution >= 0.6 is 12.2 Å². The van der Waals surface area contributed by atoms with Crippen molar-refractivity contribution in [3.05, 3.63) is 70.4 Å². The summed E-state index contributed by atoms with van der Waals surface area (Å²) in [5, 5.41) is 76.4.